The summed E-state index contributed by atoms with van der Waals surface area (Å²) >= 11 is 1.97. The highest BCUT2D eigenvalue weighted by atomic mass is 32.2. The molecule has 1 aliphatic heterocycles. The number of rotatable bonds is 5. The SMILES string of the molecule is CSCCN1CC(C)(C2CC2)NCC1C(C)C. The van der Waals surface area contributed by atoms with E-state index in [1.165, 1.54) is 38.2 Å². The van der Waals surface area contributed by atoms with E-state index in [9.17, 15) is 0 Å². The molecule has 2 unspecified atom stereocenters. The molecule has 0 aromatic heterocycles. The first kappa shape index (κ1) is 13.7. The van der Waals surface area contributed by atoms with Crippen LogP contribution in [0, 0.1) is 11.8 Å². The topological polar surface area (TPSA) is 15.3 Å². The third-order valence-corrected chi connectivity index (χ3v) is 5.14. The van der Waals surface area contributed by atoms with Crippen molar-refractivity contribution in [2.45, 2.75) is 45.2 Å². The Morgan fingerprint density at radius 3 is 2.65 bits per heavy atom. The lowest BCUT2D eigenvalue weighted by Gasteiger charge is -2.48. The molecule has 0 radical (unpaired) electrons. The number of nitrogens with zero attached hydrogens (tertiary/aromatic N) is 1. The van der Waals surface area contributed by atoms with E-state index in [0.717, 1.165) is 17.9 Å². The normalized spacial score (nSPS) is 35.5. The van der Waals surface area contributed by atoms with Crippen LogP contribution in [0.25, 0.3) is 0 Å². The van der Waals surface area contributed by atoms with E-state index in [2.05, 4.69) is 37.2 Å². The quantitative estimate of drug-likeness (QED) is 0.813. The van der Waals surface area contributed by atoms with Crippen LogP contribution in [0.3, 0.4) is 0 Å². The second kappa shape index (κ2) is 5.50. The average Bonchev–Trinajstić information content (AvgIpc) is 3.10. The predicted molar refractivity (Wildman–Crippen MR) is 77.7 cm³/mol. The summed E-state index contributed by atoms with van der Waals surface area (Å²) in [6.07, 6.45) is 5.09. The van der Waals surface area contributed by atoms with Crippen molar-refractivity contribution in [3.05, 3.63) is 0 Å². The molecule has 100 valence electrons. The van der Waals surface area contributed by atoms with Crippen molar-refractivity contribution in [1.82, 2.24) is 10.2 Å². The van der Waals surface area contributed by atoms with Crippen LogP contribution < -0.4 is 5.32 Å². The van der Waals surface area contributed by atoms with Gasteiger partial charge in [-0.05, 0) is 37.9 Å². The van der Waals surface area contributed by atoms with E-state index in [-0.39, 0.29) is 0 Å². The maximum Gasteiger partial charge on any atom is 0.0309 e. The Morgan fingerprint density at radius 1 is 1.41 bits per heavy atom. The molecular weight excluding hydrogens is 228 g/mol. The molecule has 0 bridgehead atoms. The number of hydrogen-bond acceptors (Lipinski definition) is 3. The molecule has 1 heterocycles. The van der Waals surface area contributed by atoms with Gasteiger partial charge in [0, 0.05) is 37.0 Å². The molecule has 1 saturated heterocycles. The number of hydrogen-bond donors (Lipinski definition) is 1. The molecule has 2 nitrogen and oxygen atoms in total. The molecule has 17 heavy (non-hydrogen) atoms. The van der Waals surface area contributed by atoms with Crippen molar-refractivity contribution < 1.29 is 0 Å². The van der Waals surface area contributed by atoms with Gasteiger partial charge in [-0.15, -0.1) is 0 Å². The summed E-state index contributed by atoms with van der Waals surface area (Å²) in [6, 6.07) is 0.731. The molecule has 2 fully saturated rings. The third-order valence-electron chi connectivity index (χ3n) is 4.55. The molecule has 0 spiro atoms. The minimum absolute atomic E-state index is 0.393. The summed E-state index contributed by atoms with van der Waals surface area (Å²) in [4.78, 5) is 2.75. The Kier molecular flexibility index (Phi) is 4.43. The zero-order chi connectivity index (χ0) is 12.5. The summed E-state index contributed by atoms with van der Waals surface area (Å²) in [5.41, 5.74) is 0.393. The lowest BCUT2D eigenvalue weighted by atomic mass is 9.88. The standard InChI is InChI=1S/C14H28N2S/c1-11(2)13-9-15-14(3,12-5-6-12)10-16(13)7-8-17-4/h11-13,15H,5-10H2,1-4H3. The van der Waals surface area contributed by atoms with Crippen molar-refractivity contribution in [1.29, 1.82) is 0 Å². The van der Waals surface area contributed by atoms with E-state index in [0.29, 0.717) is 5.54 Å². The maximum atomic E-state index is 3.85. The van der Waals surface area contributed by atoms with Gasteiger partial charge in [-0.2, -0.15) is 11.8 Å². The first-order chi connectivity index (χ1) is 8.07. The lowest BCUT2D eigenvalue weighted by molar-refractivity contribution is 0.0579. The first-order valence-electron chi connectivity index (χ1n) is 7.05. The first-order valence-corrected chi connectivity index (χ1v) is 8.44. The summed E-state index contributed by atoms with van der Waals surface area (Å²) in [5, 5.41) is 3.85. The van der Waals surface area contributed by atoms with Gasteiger partial charge in [-0.1, -0.05) is 13.8 Å². The van der Waals surface area contributed by atoms with Crippen LogP contribution in [0.1, 0.15) is 33.6 Å². The van der Waals surface area contributed by atoms with E-state index in [4.69, 9.17) is 0 Å². The van der Waals surface area contributed by atoms with Crippen LogP contribution >= 0.6 is 11.8 Å². The van der Waals surface area contributed by atoms with Crippen molar-refractivity contribution in [3.8, 4) is 0 Å². The summed E-state index contributed by atoms with van der Waals surface area (Å²) in [5.74, 6) is 2.96. The van der Waals surface area contributed by atoms with Crippen molar-refractivity contribution in [2.75, 3.05) is 31.6 Å². The average molecular weight is 256 g/mol. The molecule has 0 aromatic rings. The van der Waals surface area contributed by atoms with Crippen LogP contribution in [-0.4, -0.2) is 48.1 Å². The highest BCUT2D eigenvalue weighted by molar-refractivity contribution is 7.98. The fraction of sp³-hybridized carbons (Fsp3) is 1.00. The van der Waals surface area contributed by atoms with Crippen LogP contribution in [0.2, 0.25) is 0 Å². The molecule has 2 rings (SSSR count). The van der Waals surface area contributed by atoms with Gasteiger partial charge < -0.3 is 5.32 Å². The van der Waals surface area contributed by atoms with Crippen LogP contribution in [-0.2, 0) is 0 Å². The van der Waals surface area contributed by atoms with E-state index < -0.39 is 0 Å². The minimum Gasteiger partial charge on any atom is -0.308 e. The van der Waals surface area contributed by atoms with Crippen molar-refractivity contribution >= 4 is 11.8 Å². The smallest absolute Gasteiger partial charge is 0.0309 e. The van der Waals surface area contributed by atoms with Gasteiger partial charge in [0.25, 0.3) is 0 Å². The zero-order valence-corrected chi connectivity index (χ0v) is 12.6. The van der Waals surface area contributed by atoms with E-state index >= 15 is 0 Å². The fourth-order valence-corrected chi connectivity index (χ4v) is 3.58. The Bertz CT molecular complexity index is 253. The van der Waals surface area contributed by atoms with Gasteiger partial charge in [0.2, 0.25) is 0 Å². The molecular formula is C14H28N2S. The second-order valence-electron chi connectivity index (χ2n) is 6.35. The summed E-state index contributed by atoms with van der Waals surface area (Å²) < 4.78 is 0. The largest absolute Gasteiger partial charge is 0.308 e. The molecule has 1 aliphatic carbocycles. The van der Waals surface area contributed by atoms with Gasteiger partial charge in [0.05, 0.1) is 0 Å². The second-order valence-corrected chi connectivity index (χ2v) is 7.33. The maximum absolute atomic E-state index is 3.85. The minimum atomic E-state index is 0.393. The fourth-order valence-electron chi connectivity index (χ4n) is 3.17. The predicted octanol–water partition coefficient (Wildman–Crippen LogP) is 2.45. The number of thioether (sulfide) groups is 1. The van der Waals surface area contributed by atoms with Gasteiger partial charge in [-0.25, -0.2) is 0 Å². The van der Waals surface area contributed by atoms with Crippen LogP contribution in [0.4, 0.5) is 0 Å². The summed E-state index contributed by atoms with van der Waals surface area (Å²) in [7, 11) is 0. The Labute approximate surface area is 111 Å². The molecule has 2 atom stereocenters. The van der Waals surface area contributed by atoms with Crippen LogP contribution in [0.5, 0.6) is 0 Å². The zero-order valence-electron chi connectivity index (χ0n) is 11.8. The van der Waals surface area contributed by atoms with E-state index in [1.54, 1.807) is 0 Å². The molecule has 2 aliphatic rings. The molecule has 0 aromatic carbocycles. The monoisotopic (exact) mass is 256 g/mol. The highest BCUT2D eigenvalue weighted by Gasteiger charge is 2.46. The number of nitrogens with one attached hydrogen (secondary N) is 1. The van der Waals surface area contributed by atoms with Gasteiger partial charge in [-0.3, -0.25) is 4.90 Å². The van der Waals surface area contributed by atoms with E-state index in [1.807, 2.05) is 11.8 Å². The van der Waals surface area contributed by atoms with Gasteiger partial charge in [0.1, 0.15) is 0 Å². The molecule has 1 saturated carbocycles. The Hall–Kier alpha value is 0.270. The molecule has 3 heteroatoms. The molecule has 0 amide bonds. The Balaban J connectivity index is 1.98. The molecule has 1 N–H and O–H groups in total. The summed E-state index contributed by atoms with van der Waals surface area (Å²) in [6.45, 7) is 10.8. The van der Waals surface area contributed by atoms with Crippen LogP contribution in [0.15, 0.2) is 0 Å². The lowest BCUT2D eigenvalue weighted by Crippen LogP contribution is -2.65. The highest BCUT2D eigenvalue weighted by Crippen LogP contribution is 2.41. The van der Waals surface area contributed by atoms with Crippen molar-refractivity contribution in [2.24, 2.45) is 11.8 Å². The third kappa shape index (κ3) is 3.18. The van der Waals surface area contributed by atoms with Crippen molar-refractivity contribution in [3.63, 3.8) is 0 Å². The number of piperazine rings is 1. The Morgan fingerprint density at radius 2 is 2.12 bits per heavy atom. The van der Waals surface area contributed by atoms with Gasteiger partial charge >= 0.3 is 0 Å². The van der Waals surface area contributed by atoms with Gasteiger partial charge in [0.15, 0.2) is 0 Å².